The lowest BCUT2D eigenvalue weighted by Crippen LogP contribution is -2.55. The standard InChI is InChI=1S/C11H18N2O4/c1-17-9-2-3-12(7-9)11(16)13-5-8(6-13)4-10(14)15/h8-9H,2-7H2,1H3,(H,14,15). The quantitative estimate of drug-likeness (QED) is 0.769. The third-order valence-corrected chi connectivity index (χ3v) is 3.44. The van der Waals surface area contributed by atoms with Crippen LogP contribution >= 0.6 is 0 Å². The smallest absolute Gasteiger partial charge is 0.320 e. The number of aliphatic carboxylic acids is 1. The van der Waals surface area contributed by atoms with E-state index < -0.39 is 5.97 Å². The first-order valence-corrected chi connectivity index (χ1v) is 5.88. The minimum absolute atomic E-state index is 0.0196. The average Bonchev–Trinajstić information content (AvgIpc) is 2.70. The summed E-state index contributed by atoms with van der Waals surface area (Å²) in [5.74, 6) is -0.667. The van der Waals surface area contributed by atoms with Gasteiger partial charge < -0.3 is 19.6 Å². The number of rotatable bonds is 3. The number of carbonyl (C=O) groups excluding carboxylic acids is 1. The predicted molar refractivity (Wildman–Crippen MR) is 59.7 cm³/mol. The molecule has 1 unspecified atom stereocenters. The van der Waals surface area contributed by atoms with Gasteiger partial charge in [-0.1, -0.05) is 0 Å². The molecular weight excluding hydrogens is 224 g/mol. The summed E-state index contributed by atoms with van der Waals surface area (Å²) in [5.41, 5.74) is 0. The molecule has 2 amide bonds. The van der Waals surface area contributed by atoms with Crippen molar-refractivity contribution in [2.75, 3.05) is 33.3 Å². The van der Waals surface area contributed by atoms with Crippen molar-refractivity contribution in [2.45, 2.75) is 18.9 Å². The van der Waals surface area contributed by atoms with Crippen LogP contribution in [-0.4, -0.2) is 66.3 Å². The summed E-state index contributed by atoms with van der Waals surface area (Å²) in [7, 11) is 1.66. The molecule has 6 heteroatoms. The van der Waals surface area contributed by atoms with Crippen LogP contribution in [0.1, 0.15) is 12.8 Å². The van der Waals surface area contributed by atoms with E-state index in [2.05, 4.69) is 0 Å². The van der Waals surface area contributed by atoms with Crippen molar-refractivity contribution in [1.29, 1.82) is 0 Å². The molecule has 0 spiro atoms. The van der Waals surface area contributed by atoms with Gasteiger partial charge in [0.2, 0.25) is 0 Å². The molecule has 1 N–H and O–H groups in total. The number of likely N-dealkylation sites (tertiary alicyclic amines) is 2. The van der Waals surface area contributed by atoms with Crippen molar-refractivity contribution in [2.24, 2.45) is 5.92 Å². The highest BCUT2D eigenvalue weighted by Gasteiger charge is 2.36. The number of amides is 2. The van der Waals surface area contributed by atoms with Gasteiger partial charge >= 0.3 is 12.0 Å². The Labute approximate surface area is 100 Å². The molecule has 2 aliphatic heterocycles. The minimum Gasteiger partial charge on any atom is -0.481 e. The fraction of sp³-hybridized carbons (Fsp3) is 0.818. The number of carbonyl (C=O) groups is 2. The molecule has 2 fully saturated rings. The Hall–Kier alpha value is -1.30. The second-order valence-corrected chi connectivity index (χ2v) is 4.74. The first-order chi connectivity index (χ1) is 8.10. The van der Waals surface area contributed by atoms with E-state index in [9.17, 15) is 9.59 Å². The molecule has 2 rings (SSSR count). The number of hydrogen-bond acceptors (Lipinski definition) is 3. The van der Waals surface area contributed by atoms with Crippen molar-refractivity contribution < 1.29 is 19.4 Å². The molecule has 96 valence electrons. The maximum absolute atomic E-state index is 12.0. The van der Waals surface area contributed by atoms with Crippen molar-refractivity contribution >= 4 is 12.0 Å². The molecule has 0 radical (unpaired) electrons. The van der Waals surface area contributed by atoms with Crippen LogP contribution in [0.4, 0.5) is 4.79 Å². The zero-order chi connectivity index (χ0) is 12.4. The number of carboxylic acids is 1. The summed E-state index contributed by atoms with van der Waals surface area (Å²) in [6.07, 6.45) is 1.19. The van der Waals surface area contributed by atoms with E-state index in [4.69, 9.17) is 9.84 Å². The molecule has 6 nitrogen and oxygen atoms in total. The van der Waals surface area contributed by atoms with Crippen LogP contribution in [0.3, 0.4) is 0 Å². The third kappa shape index (κ3) is 2.69. The summed E-state index contributed by atoms with van der Waals surface area (Å²) >= 11 is 0. The first kappa shape index (κ1) is 12.2. The highest BCUT2D eigenvalue weighted by atomic mass is 16.5. The Morgan fingerprint density at radius 3 is 2.53 bits per heavy atom. The van der Waals surface area contributed by atoms with Crippen LogP contribution in [0.2, 0.25) is 0 Å². The van der Waals surface area contributed by atoms with Crippen LogP contribution in [-0.2, 0) is 9.53 Å². The highest BCUT2D eigenvalue weighted by Crippen LogP contribution is 2.22. The van der Waals surface area contributed by atoms with Gasteiger partial charge in [0.15, 0.2) is 0 Å². The van der Waals surface area contributed by atoms with Crippen molar-refractivity contribution in [3.05, 3.63) is 0 Å². The van der Waals surface area contributed by atoms with Crippen molar-refractivity contribution in [3.63, 3.8) is 0 Å². The normalized spacial score (nSPS) is 24.9. The first-order valence-electron chi connectivity index (χ1n) is 5.88. The second-order valence-electron chi connectivity index (χ2n) is 4.74. The number of urea groups is 1. The molecular formula is C11H18N2O4. The van der Waals surface area contributed by atoms with E-state index >= 15 is 0 Å². The van der Waals surface area contributed by atoms with Crippen LogP contribution in [0, 0.1) is 5.92 Å². The summed E-state index contributed by atoms with van der Waals surface area (Å²) in [4.78, 5) is 26.0. The number of methoxy groups -OCH3 is 1. The highest BCUT2D eigenvalue weighted by molar-refractivity contribution is 5.76. The summed E-state index contributed by atoms with van der Waals surface area (Å²) in [6.45, 7) is 2.52. The molecule has 0 aromatic heterocycles. The van der Waals surface area contributed by atoms with Gasteiger partial charge in [-0.3, -0.25) is 4.79 Å². The predicted octanol–water partition coefficient (Wildman–Crippen LogP) is 0.234. The maximum atomic E-state index is 12.0. The number of hydrogen-bond donors (Lipinski definition) is 1. The van der Waals surface area contributed by atoms with Gasteiger partial charge in [0, 0.05) is 39.2 Å². The summed E-state index contributed by atoms with van der Waals surface area (Å²) < 4.78 is 5.21. The van der Waals surface area contributed by atoms with E-state index in [-0.39, 0.29) is 24.5 Å². The molecule has 17 heavy (non-hydrogen) atoms. The number of carboxylic acid groups (broad SMARTS) is 1. The van der Waals surface area contributed by atoms with Gasteiger partial charge in [0.25, 0.3) is 0 Å². The Morgan fingerprint density at radius 1 is 1.29 bits per heavy atom. The summed E-state index contributed by atoms with van der Waals surface area (Å²) in [5, 5.41) is 8.62. The van der Waals surface area contributed by atoms with E-state index in [1.165, 1.54) is 0 Å². The largest absolute Gasteiger partial charge is 0.481 e. The van der Waals surface area contributed by atoms with E-state index in [1.54, 1.807) is 16.9 Å². The topological polar surface area (TPSA) is 70.1 Å². The van der Waals surface area contributed by atoms with Crippen molar-refractivity contribution in [3.8, 4) is 0 Å². The molecule has 0 saturated carbocycles. The fourth-order valence-electron chi connectivity index (χ4n) is 2.40. The zero-order valence-corrected chi connectivity index (χ0v) is 9.96. The Balaban J connectivity index is 1.74. The Kier molecular flexibility index (Phi) is 3.51. The van der Waals surface area contributed by atoms with Gasteiger partial charge in [0.05, 0.1) is 12.5 Å². The van der Waals surface area contributed by atoms with Crippen molar-refractivity contribution in [1.82, 2.24) is 9.80 Å². The molecule has 1 atom stereocenters. The van der Waals surface area contributed by atoms with E-state index in [0.717, 1.165) is 13.0 Å². The molecule has 2 aliphatic rings. The second kappa shape index (κ2) is 4.91. The molecule has 0 aromatic rings. The zero-order valence-electron chi connectivity index (χ0n) is 9.96. The van der Waals surface area contributed by atoms with Gasteiger partial charge in [-0.05, 0) is 6.42 Å². The summed E-state index contributed by atoms with van der Waals surface area (Å²) in [6, 6.07) is 0.0196. The average molecular weight is 242 g/mol. The lowest BCUT2D eigenvalue weighted by atomic mass is 9.97. The van der Waals surface area contributed by atoms with Gasteiger partial charge in [-0.25, -0.2) is 4.79 Å². The lowest BCUT2D eigenvalue weighted by Gasteiger charge is -2.40. The fourth-order valence-corrected chi connectivity index (χ4v) is 2.40. The third-order valence-electron chi connectivity index (χ3n) is 3.44. The monoisotopic (exact) mass is 242 g/mol. The van der Waals surface area contributed by atoms with Crippen LogP contribution < -0.4 is 0 Å². The minimum atomic E-state index is -0.789. The Bertz CT molecular complexity index is 315. The molecule has 2 saturated heterocycles. The van der Waals surface area contributed by atoms with E-state index in [0.29, 0.717) is 19.6 Å². The number of nitrogens with zero attached hydrogens (tertiary/aromatic N) is 2. The van der Waals surface area contributed by atoms with E-state index in [1.807, 2.05) is 0 Å². The van der Waals surface area contributed by atoms with Crippen LogP contribution in [0.5, 0.6) is 0 Å². The molecule has 0 aliphatic carbocycles. The van der Waals surface area contributed by atoms with Crippen LogP contribution in [0.25, 0.3) is 0 Å². The van der Waals surface area contributed by atoms with Gasteiger partial charge in [0.1, 0.15) is 0 Å². The van der Waals surface area contributed by atoms with Gasteiger partial charge in [-0.15, -0.1) is 0 Å². The number of ether oxygens (including phenoxy) is 1. The van der Waals surface area contributed by atoms with Crippen LogP contribution in [0.15, 0.2) is 0 Å². The molecule has 2 heterocycles. The maximum Gasteiger partial charge on any atom is 0.320 e. The van der Waals surface area contributed by atoms with Gasteiger partial charge in [-0.2, -0.15) is 0 Å². The molecule has 0 bridgehead atoms. The molecule has 0 aromatic carbocycles. The SMILES string of the molecule is COC1CCN(C(=O)N2CC(CC(=O)O)C2)C1. The Morgan fingerprint density at radius 2 is 2.00 bits per heavy atom. The lowest BCUT2D eigenvalue weighted by molar-refractivity contribution is -0.139.